The molecule has 2 amide bonds. The Morgan fingerprint density at radius 3 is 2.64 bits per heavy atom. The average molecular weight is 660 g/mol. The first-order valence-electron chi connectivity index (χ1n) is 14.8. The van der Waals surface area contributed by atoms with Gasteiger partial charge < -0.3 is 25.0 Å². The minimum absolute atomic E-state index is 0.0542. The molecule has 0 saturated carbocycles. The van der Waals surface area contributed by atoms with Crippen molar-refractivity contribution in [3.63, 3.8) is 0 Å². The first kappa shape index (κ1) is 31.4. The van der Waals surface area contributed by atoms with E-state index in [4.69, 9.17) is 21.3 Å². The molecule has 0 spiro atoms. The molecule has 3 fully saturated rings. The van der Waals surface area contributed by atoms with E-state index in [1.807, 2.05) is 33.9 Å². The lowest BCUT2D eigenvalue weighted by molar-refractivity contribution is -0.142. The van der Waals surface area contributed by atoms with E-state index in [2.05, 4.69) is 15.2 Å². The number of carboxylic acid groups (broad SMARTS) is 1. The number of esters is 1. The Bertz CT molecular complexity index is 1550. The fraction of sp³-hybridized carbons (Fsp3) is 0.500. The highest BCUT2D eigenvalue weighted by molar-refractivity contribution is 7.11. The number of piperazine rings is 1. The van der Waals surface area contributed by atoms with Crippen molar-refractivity contribution in [1.29, 1.82) is 0 Å². The molecule has 4 atom stereocenters. The van der Waals surface area contributed by atoms with Crippen molar-refractivity contribution in [1.82, 2.24) is 29.9 Å². The molecule has 4 aliphatic heterocycles. The number of fused-ring (bicyclic) bond motifs is 1. The molecule has 1 aromatic carbocycles. The molecule has 0 radical (unpaired) electrons. The van der Waals surface area contributed by atoms with Gasteiger partial charge in [-0.25, -0.2) is 19.0 Å². The minimum Gasteiger partial charge on any atom is -0.480 e. The second-order valence-corrected chi connectivity index (χ2v) is 13.2. The van der Waals surface area contributed by atoms with E-state index in [1.165, 1.54) is 36.6 Å². The Morgan fingerprint density at radius 2 is 2.00 bits per heavy atom. The zero-order valence-electron chi connectivity index (χ0n) is 25.2. The number of hydrogen-bond donors (Lipinski definition) is 2. The summed E-state index contributed by atoms with van der Waals surface area (Å²) in [5, 5.41) is 15.7. The molecular weight excluding hydrogens is 625 g/mol. The third-order valence-electron chi connectivity index (χ3n) is 8.98. The van der Waals surface area contributed by atoms with Crippen LogP contribution in [0.1, 0.15) is 36.9 Å². The quantitative estimate of drug-likeness (QED) is 0.411. The number of benzene rings is 1. The van der Waals surface area contributed by atoms with Crippen molar-refractivity contribution in [3.8, 4) is 0 Å². The number of aliphatic imine (C=N–C) groups is 1. The van der Waals surface area contributed by atoms with Crippen molar-refractivity contribution in [3.05, 3.63) is 62.5 Å². The summed E-state index contributed by atoms with van der Waals surface area (Å²) in [5.41, 5.74) is 1.28. The SMILES string of the molecule is COC(=O)C1=C(CN2CCN3C(=O)N([C@@H]4C[C@@H](C(=O)O)N(C(C)C)C4)C[C@@H]3C2)NC(c2nccs2)=N[C@H]1c1ccc(F)cc1Cl. The monoisotopic (exact) mass is 659 g/mol. The molecule has 5 heterocycles. The van der Waals surface area contributed by atoms with Gasteiger partial charge in [-0.1, -0.05) is 17.7 Å². The molecule has 4 aliphatic rings. The first-order chi connectivity index (χ1) is 21.5. The van der Waals surface area contributed by atoms with Gasteiger partial charge in [-0.2, -0.15) is 0 Å². The highest BCUT2D eigenvalue weighted by atomic mass is 35.5. The molecule has 0 bridgehead atoms. The number of aliphatic carboxylic acids is 1. The lowest BCUT2D eigenvalue weighted by Gasteiger charge is -2.38. The summed E-state index contributed by atoms with van der Waals surface area (Å²) in [6, 6.07) is 2.24. The Kier molecular flexibility index (Phi) is 8.83. The fourth-order valence-corrected chi connectivity index (χ4v) is 7.67. The van der Waals surface area contributed by atoms with Crippen LogP contribution in [0, 0.1) is 5.82 Å². The second kappa shape index (κ2) is 12.7. The number of carbonyl (C=O) groups excluding carboxylic acids is 2. The molecular formula is C30H35ClFN7O5S. The van der Waals surface area contributed by atoms with Crippen LogP contribution in [-0.2, 0) is 14.3 Å². The Balaban J connectivity index is 1.25. The minimum atomic E-state index is -0.864. The number of nitrogens with one attached hydrogen (secondary N) is 1. The zero-order valence-corrected chi connectivity index (χ0v) is 26.7. The number of methoxy groups -OCH3 is 1. The van der Waals surface area contributed by atoms with Crippen LogP contribution in [0.5, 0.6) is 0 Å². The number of halogens is 2. The normalized spacial score (nSPS) is 25.9. The third-order valence-corrected chi connectivity index (χ3v) is 10.1. The summed E-state index contributed by atoms with van der Waals surface area (Å²) in [5.74, 6) is -1.49. The van der Waals surface area contributed by atoms with Gasteiger partial charge in [0.1, 0.15) is 17.9 Å². The smallest absolute Gasteiger partial charge is 0.338 e. The van der Waals surface area contributed by atoms with Crippen LogP contribution in [-0.4, -0.2) is 124 Å². The lowest BCUT2D eigenvalue weighted by atomic mass is 9.95. The predicted octanol–water partition coefficient (Wildman–Crippen LogP) is 2.81. The topological polar surface area (TPSA) is 131 Å². The van der Waals surface area contributed by atoms with Gasteiger partial charge in [-0.15, -0.1) is 11.3 Å². The Labute approximate surface area is 269 Å². The number of carboxylic acids is 1. The molecule has 0 aliphatic carbocycles. The van der Waals surface area contributed by atoms with Crippen molar-refractivity contribution >= 4 is 46.7 Å². The lowest BCUT2D eigenvalue weighted by Crippen LogP contribution is -2.53. The molecule has 2 aromatic rings. The number of nitrogens with zero attached hydrogens (tertiary/aromatic N) is 6. The number of amidine groups is 1. The maximum absolute atomic E-state index is 14.0. The maximum Gasteiger partial charge on any atom is 0.338 e. The number of carbonyl (C=O) groups is 3. The largest absolute Gasteiger partial charge is 0.480 e. The van der Waals surface area contributed by atoms with Crippen LogP contribution in [0.4, 0.5) is 9.18 Å². The van der Waals surface area contributed by atoms with Gasteiger partial charge >= 0.3 is 18.0 Å². The van der Waals surface area contributed by atoms with E-state index >= 15 is 0 Å². The Morgan fingerprint density at radius 1 is 1.20 bits per heavy atom. The second-order valence-electron chi connectivity index (χ2n) is 11.9. The number of likely N-dealkylation sites (tertiary alicyclic amines) is 1. The van der Waals surface area contributed by atoms with Crippen LogP contribution in [0.25, 0.3) is 0 Å². The third kappa shape index (κ3) is 6.03. The summed E-state index contributed by atoms with van der Waals surface area (Å²) in [6.45, 7) is 6.89. The molecule has 6 rings (SSSR count). The molecule has 12 nitrogen and oxygen atoms in total. The highest BCUT2D eigenvalue weighted by Gasteiger charge is 2.48. The molecule has 2 N–H and O–H groups in total. The summed E-state index contributed by atoms with van der Waals surface area (Å²) >= 11 is 7.86. The van der Waals surface area contributed by atoms with Gasteiger partial charge in [0.15, 0.2) is 10.8 Å². The first-order valence-corrected chi connectivity index (χ1v) is 16.1. The average Bonchev–Trinajstić information content (AvgIpc) is 3.76. The number of hydrogen-bond acceptors (Lipinski definition) is 10. The predicted molar refractivity (Wildman–Crippen MR) is 166 cm³/mol. The van der Waals surface area contributed by atoms with E-state index < -0.39 is 29.8 Å². The van der Waals surface area contributed by atoms with Crippen LogP contribution in [0.2, 0.25) is 5.02 Å². The van der Waals surface area contributed by atoms with Crippen molar-refractivity contribution in [2.24, 2.45) is 4.99 Å². The van der Waals surface area contributed by atoms with E-state index in [0.717, 1.165) is 0 Å². The van der Waals surface area contributed by atoms with Crippen LogP contribution >= 0.6 is 22.9 Å². The van der Waals surface area contributed by atoms with Crippen LogP contribution in [0.15, 0.2) is 46.0 Å². The molecule has 0 unspecified atom stereocenters. The van der Waals surface area contributed by atoms with Crippen LogP contribution in [0.3, 0.4) is 0 Å². The maximum atomic E-state index is 14.0. The molecule has 15 heteroatoms. The number of ether oxygens (including phenoxy) is 1. The van der Waals surface area contributed by atoms with Gasteiger partial charge in [0, 0.05) is 79.2 Å². The molecule has 45 heavy (non-hydrogen) atoms. The van der Waals surface area contributed by atoms with Crippen molar-refractivity contribution in [2.45, 2.75) is 50.5 Å². The van der Waals surface area contributed by atoms with Gasteiger partial charge in [0.25, 0.3) is 0 Å². The molecule has 1 aromatic heterocycles. The van der Waals surface area contributed by atoms with Crippen LogP contribution < -0.4 is 5.32 Å². The highest BCUT2D eigenvalue weighted by Crippen LogP contribution is 2.37. The number of rotatable bonds is 8. The number of thiazole rings is 1. The van der Waals surface area contributed by atoms with Crippen molar-refractivity contribution in [2.75, 3.05) is 46.4 Å². The number of urea groups is 1. The van der Waals surface area contributed by atoms with Crippen molar-refractivity contribution < 1.29 is 28.6 Å². The van der Waals surface area contributed by atoms with Gasteiger partial charge in [-0.3, -0.25) is 19.6 Å². The Hall–Kier alpha value is -3.59. The van der Waals surface area contributed by atoms with Gasteiger partial charge in [0.2, 0.25) is 0 Å². The van der Waals surface area contributed by atoms with Gasteiger partial charge in [0.05, 0.1) is 18.7 Å². The zero-order chi connectivity index (χ0) is 32.0. The summed E-state index contributed by atoms with van der Waals surface area (Å²) in [4.78, 5) is 55.8. The number of amides is 2. The van der Waals surface area contributed by atoms with E-state index in [-0.39, 0.29) is 34.8 Å². The summed E-state index contributed by atoms with van der Waals surface area (Å²) in [6.07, 6.45) is 2.06. The van der Waals surface area contributed by atoms with E-state index in [9.17, 15) is 23.9 Å². The fourth-order valence-electron chi connectivity index (χ4n) is 6.82. The molecule has 3 saturated heterocycles. The molecule has 240 valence electrons. The standard InChI is InChI=1S/C30H35ClFN7O5S/c1-16(2)38-13-18(11-23(38)28(40)41)39-14-19-12-36(7-8-37(19)30(39)43)15-22-24(29(42)44-3)25(20-5-4-17(32)10-21(20)31)35-26(34-22)27-33-6-9-45-27/h4-6,9-10,16,18-19,23,25H,7-8,11-15H2,1-3H3,(H,34,35)(H,40,41)/t18-,19+,23+,25+/m1/s1. The summed E-state index contributed by atoms with van der Waals surface area (Å²) in [7, 11) is 1.30. The summed E-state index contributed by atoms with van der Waals surface area (Å²) < 4.78 is 19.2. The van der Waals surface area contributed by atoms with Gasteiger partial charge in [-0.05, 0) is 32.4 Å². The number of aromatic nitrogens is 1. The van der Waals surface area contributed by atoms with E-state index in [0.29, 0.717) is 67.8 Å². The van der Waals surface area contributed by atoms with E-state index in [1.54, 1.807) is 6.20 Å².